The molecule has 3 rings (SSSR count). The summed E-state index contributed by atoms with van der Waals surface area (Å²) in [6.07, 6.45) is 0. The second-order valence-electron chi connectivity index (χ2n) is 6.12. The standard InChI is InChI=1S/C20H14Cl2N2O6/c21-12-2-1-3-13(22)11(12)8-30-10-6-4-9(5-7-10)14-15(19(26)27)17(23)24-18(25)16(14)20(28)29/h1-7H,8H2,(H,26,27)(H,28,29)(H3,23,24,25). The van der Waals surface area contributed by atoms with Crippen molar-refractivity contribution in [3.05, 3.63) is 79.6 Å². The molecule has 8 nitrogen and oxygen atoms in total. The number of halogens is 2. The Bertz CT molecular complexity index is 1180. The number of carbonyl (C=O) groups is 2. The molecule has 0 saturated carbocycles. The molecule has 0 aliphatic carbocycles. The Morgan fingerprint density at radius 2 is 1.53 bits per heavy atom. The number of pyridine rings is 1. The van der Waals surface area contributed by atoms with Crippen LogP contribution >= 0.6 is 23.2 Å². The highest BCUT2D eigenvalue weighted by atomic mass is 35.5. The summed E-state index contributed by atoms with van der Waals surface area (Å²) in [5.74, 6) is -3.11. The molecule has 0 bridgehead atoms. The molecule has 0 spiro atoms. The number of aromatic carboxylic acids is 2. The third-order valence-corrected chi connectivity index (χ3v) is 4.97. The van der Waals surface area contributed by atoms with Crippen LogP contribution in [0.5, 0.6) is 5.75 Å². The molecule has 0 aliphatic rings. The number of hydrogen-bond acceptors (Lipinski definition) is 5. The van der Waals surface area contributed by atoms with Crippen molar-refractivity contribution in [2.45, 2.75) is 6.61 Å². The second-order valence-corrected chi connectivity index (χ2v) is 6.93. The molecule has 3 aromatic rings. The van der Waals surface area contributed by atoms with Crippen LogP contribution < -0.4 is 16.0 Å². The maximum absolute atomic E-state index is 12.1. The molecule has 2 aromatic carbocycles. The Morgan fingerprint density at radius 3 is 2.07 bits per heavy atom. The van der Waals surface area contributed by atoms with E-state index >= 15 is 0 Å². The number of anilines is 1. The SMILES string of the molecule is Nc1[nH]c(=O)c(C(=O)O)c(-c2ccc(OCc3c(Cl)cccc3Cl)cc2)c1C(=O)O. The number of carboxylic acid groups (broad SMARTS) is 2. The first-order valence-corrected chi connectivity index (χ1v) is 9.14. The van der Waals surface area contributed by atoms with E-state index in [1.807, 2.05) is 0 Å². The van der Waals surface area contributed by atoms with E-state index in [4.69, 9.17) is 33.7 Å². The largest absolute Gasteiger partial charge is 0.489 e. The summed E-state index contributed by atoms with van der Waals surface area (Å²) < 4.78 is 5.65. The lowest BCUT2D eigenvalue weighted by molar-refractivity contribution is 0.0695. The molecule has 30 heavy (non-hydrogen) atoms. The molecule has 0 saturated heterocycles. The van der Waals surface area contributed by atoms with E-state index in [1.54, 1.807) is 18.2 Å². The highest BCUT2D eigenvalue weighted by molar-refractivity contribution is 6.35. The number of aromatic nitrogens is 1. The van der Waals surface area contributed by atoms with Crippen LogP contribution in [0.2, 0.25) is 10.0 Å². The first-order chi connectivity index (χ1) is 14.2. The van der Waals surface area contributed by atoms with Gasteiger partial charge in [0.1, 0.15) is 29.3 Å². The number of aromatic amines is 1. The van der Waals surface area contributed by atoms with Crippen LogP contribution in [0.3, 0.4) is 0 Å². The average molecular weight is 449 g/mol. The van der Waals surface area contributed by atoms with Gasteiger partial charge in [0.25, 0.3) is 5.56 Å². The van der Waals surface area contributed by atoms with E-state index < -0.39 is 34.4 Å². The second kappa shape index (κ2) is 8.48. The van der Waals surface area contributed by atoms with Crippen molar-refractivity contribution in [3.63, 3.8) is 0 Å². The van der Waals surface area contributed by atoms with Gasteiger partial charge in [-0.25, -0.2) is 9.59 Å². The summed E-state index contributed by atoms with van der Waals surface area (Å²) in [7, 11) is 0. The summed E-state index contributed by atoms with van der Waals surface area (Å²) in [5.41, 5.74) is 3.85. The molecule has 0 aliphatic heterocycles. The van der Waals surface area contributed by atoms with E-state index in [2.05, 4.69) is 4.98 Å². The molecular formula is C20H14Cl2N2O6. The normalized spacial score (nSPS) is 10.6. The fourth-order valence-corrected chi connectivity index (χ4v) is 3.39. The van der Waals surface area contributed by atoms with Gasteiger partial charge in [-0.1, -0.05) is 41.4 Å². The lowest BCUT2D eigenvalue weighted by Gasteiger charge is -2.13. The predicted molar refractivity (Wildman–Crippen MR) is 112 cm³/mol. The fraction of sp³-hybridized carbons (Fsp3) is 0.0500. The van der Waals surface area contributed by atoms with Crippen LogP contribution in [-0.4, -0.2) is 27.1 Å². The quantitative estimate of drug-likeness (QED) is 0.447. The van der Waals surface area contributed by atoms with Crippen LogP contribution in [0.1, 0.15) is 26.3 Å². The van der Waals surface area contributed by atoms with Gasteiger partial charge in [0.15, 0.2) is 0 Å². The number of nitrogens with one attached hydrogen (secondary N) is 1. The minimum Gasteiger partial charge on any atom is -0.489 e. The van der Waals surface area contributed by atoms with Crippen LogP contribution in [0.15, 0.2) is 47.3 Å². The molecule has 1 aromatic heterocycles. The van der Waals surface area contributed by atoms with Crippen molar-refractivity contribution >= 4 is 41.0 Å². The average Bonchev–Trinajstić information content (AvgIpc) is 2.66. The minimum atomic E-state index is -1.58. The van der Waals surface area contributed by atoms with Crippen molar-refractivity contribution in [2.24, 2.45) is 0 Å². The van der Waals surface area contributed by atoms with Crippen molar-refractivity contribution in [2.75, 3.05) is 5.73 Å². The molecule has 0 fully saturated rings. The van der Waals surface area contributed by atoms with E-state index in [-0.39, 0.29) is 17.7 Å². The molecule has 0 unspecified atom stereocenters. The highest BCUT2D eigenvalue weighted by Crippen LogP contribution is 2.31. The molecule has 1 heterocycles. The number of hydrogen-bond donors (Lipinski definition) is 4. The molecule has 5 N–H and O–H groups in total. The number of nitrogen functional groups attached to an aromatic ring is 1. The van der Waals surface area contributed by atoms with Crippen LogP contribution in [0, 0.1) is 0 Å². The highest BCUT2D eigenvalue weighted by Gasteiger charge is 2.26. The fourth-order valence-electron chi connectivity index (χ4n) is 2.88. The maximum atomic E-state index is 12.1. The van der Waals surface area contributed by atoms with Gasteiger partial charge in [-0.15, -0.1) is 0 Å². The smallest absolute Gasteiger partial charge is 0.342 e. The van der Waals surface area contributed by atoms with E-state index in [0.29, 0.717) is 21.4 Å². The Labute approximate surface area is 179 Å². The lowest BCUT2D eigenvalue weighted by atomic mass is 9.95. The molecule has 0 amide bonds. The van der Waals surface area contributed by atoms with Gasteiger partial charge in [0, 0.05) is 21.2 Å². The molecule has 0 radical (unpaired) electrons. The van der Waals surface area contributed by atoms with Crippen molar-refractivity contribution in [1.29, 1.82) is 0 Å². The number of nitrogens with two attached hydrogens (primary N) is 1. The monoisotopic (exact) mass is 448 g/mol. The number of rotatable bonds is 6. The summed E-state index contributed by atoms with van der Waals surface area (Å²) in [6, 6.07) is 10.9. The van der Waals surface area contributed by atoms with Gasteiger partial charge in [-0.2, -0.15) is 0 Å². The lowest BCUT2D eigenvalue weighted by Crippen LogP contribution is -2.24. The third-order valence-electron chi connectivity index (χ3n) is 4.26. The van der Waals surface area contributed by atoms with Gasteiger partial charge in [0.2, 0.25) is 0 Å². The predicted octanol–water partition coefficient (Wildman–Crippen LogP) is 3.91. The van der Waals surface area contributed by atoms with E-state index in [9.17, 15) is 24.6 Å². The van der Waals surface area contributed by atoms with Crippen molar-refractivity contribution < 1.29 is 24.5 Å². The first kappa shape index (κ1) is 21.2. The number of ether oxygens (including phenoxy) is 1. The van der Waals surface area contributed by atoms with Crippen LogP contribution in [0.4, 0.5) is 5.82 Å². The summed E-state index contributed by atoms with van der Waals surface area (Å²) in [6.45, 7) is 0.0799. The number of H-pyrrole nitrogens is 1. The molecule has 10 heteroatoms. The topological polar surface area (TPSA) is 143 Å². The maximum Gasteiger partial charge on any atom is 0.342 e. The Balaban J connectivity index is 2.00. The molecular weight excluding hydrogens is 435 g/mol. The first-order valence-electron chi connectivity index (χ1n) is 8.39. The Morgan fingerprint density at radius 1 is 0.967 bits per heavy atom. The number of benzene rings is 2. The zero-order valence-corrected chi connectivity index (χ0v) is 16.6. The van der Waals surface area contributed by atoms with Gasteiger partial charge in [0.05, 0.1) is 0 Å². The number of carboxylic acids is 2. The van der Waals surface area contributed by atoms with E-state index in [0.717, 1.165) is 0 Å². The van der Waals surface area contributed by atoms with Crippen molar-refractivity contribution in [1.82, 2.24) is 4.98 Å². The summed E-state index contributed by atoms with van der Waals surface area (Å²) >= 11 is 12.2. The van der Waals surface area contributed by atoms with Crippen LogP contribution in [-0.2, 0) is 6.61 Å². The van der Waals surface area contributed by atoms with Gasteiger partial charge in [-0.05, 0) is 29.8 Å². The van der Waals surface area contributed by atoms with E-state index in [1.165, 1.54) is 24.3 Å². The Hall–Kier alpha value is -3.49. The molecule has 154 valence electrons. The molecule has 0 atom stereocenters. The minimum absolute atomic E-state index is 0.0799. The summed E-state index contributed by atoms with van der Waals surface area (Å²) in [4.78, 5) is 37.4. The van der Waals surface area contributed by atoms with Gasteiger partial charge in [-0.3, -0.25) is 4.79 Å². The zero-order chi connectivity index (χ0) is 22.0. The van der Waals surface area contributed by atoms with Gasteiger partial charge < -0.3 is 25.7 Å². The third kappa shape index (κ3) is 4.10. The Kier molecular flexibility index (Phi) is 6.00. The van der Waals surface area contributed by atoms with Crippen molar-refractivity contribution in [3.8, 4) is 16.9 Å². The summed E-state index contributed by atoms with van der Waals surface area (Å²) in [5, 5.41) is 19.8. The van der Waals surface area contributed by atoms with Crippen LogP contribution in [0.25, 0.3) is 11.1 Å². The zero-order valence-electron chi connectivity index (χ0n) is 15.1. The van der Waals surface area contributed by atoms with Gasteiger partial charge >= 0.3 is 11.9 Å².